The Kier molecular flexibility index (Phi) is 11.8. The molecule has 0 aliphatic heterocycles. The molecule has 0 aromatic rings. The lowest BCUT2D eigenvalue weighted by molar-refractivity contribution is -0.147. The quantitative estimate of drug-likeness (QED) is 0.159. The van der Waals surface area contributed by atoms with Gasteiger partial charge in [-0.05, 0) is 19.3 Å². The van der Waals surface area contributed by atoms with Crippen LogP contribution in [0.1, 0.15) is 46.5 Å². The minimum atomic E-state index is -1.71. The lowest BCUT2D eigenvalue weighted by Crippen LogP contribution is -2.58. The van der Waals surface area contributed by atoms with E-state index in [1.807, 2.05) is 0 Å². The molecule has 0 spiro atoms. The van der Waals surface area contributed by atoms with Crippen molar-refractivity contribution in [2.24, 2.45) is 11.7 Å². The molecule has 5 unspecified atom stereocenters. The minimum Gasteiger partial charge on any atom is -0.481 e. The van der Waals surface area contributed by atoms with E-state index >= 15 is 0 Å². The molecule has 0 heterocycles. The average Bonchev–Trinajstić information content (AvgIpc) is 2.66. The first-order valence-electron chi connectivity index (χ1n) is 9.63. The molecule has 0 fully saturated rings. The van der Waals surface area contributed by atoms with E-state index in [2.05, 4.69) is 16.0 Å². The number of rotatable bonds is 14. The largest absolute Gasteiger partial charge is 0.481 e. The predicted molar refractivity (Wildman–Crippen MR) is 106 cm³/mol. The number of aliphatic carboxylic acids is 3. The van der Waals surface area contributed by atoms with E-state index in [9.17, 15) is 28.8 Å². The van der Waals surface area contributed by atoms with Gasteiger partial charge in [-0.2, -0.15) is 0 Å². The van der Waals surface area contributed by atoms with Gasteiger partial charge in [0.1, 0.15) is 18.1 Å². The number of nitrogens with two attached hydrogens (primary N) is 1. The Morgan fingerprint density at radius 1 is 0.806 bits per heavy atom. The van der Waals surface area contributed by atoms with E-state index in [0.29, 0.717) is 6.42 Å². The van der Waals surface area contributed by atoms with Gasteiger partial charge >= 0.3 is 17.9 Å². The van der Waals surface area contributed by atoms with Gasteiger partial charge in [0, 0.05) is 6.42 Å². The lowest BCUT2D eigenvalue weighted by atomic mass is 9.97. The number of carbonyl (C=O) groups excluding carboxylic acids is 3. The van der Waals surface area contributed by atoms with Crippen molar-refractivity contribution in [2.45, 2.75) is 70.6 Å². The standard InChI is InChI=1S/C18H30N4O9/c1-4-8(2)14(17(29)21-11(18(30)31)7-13(25)26)22-16(28)10(5-6-12(23)24)20-15(27)9(3)19/h8-11,14H,4-7,19H2,1-3H3,(H,20,27)(H,21,29)(H,22,28)(H,23,24)(H,25,26)(H,30,31). The molecule has 0 radical (unpaired) electrons. The number of amides is 3. The van der Waals surface area contributed by atoms with Crippen LogP contribution in [0.25, 0.3) is 0 Å². The molecule has 3 amide bonds. The number of carboxylic acids is 3. The summed E-state index contributed by atoms with van der Waals surface area (Å²) in [5.74, 6) is -7.19. The zero-order valence-electron chi connectivity index (χ0n) is 17.6. The van der Waals surface area contributed by atoms with Crippen molar-refractivity contribution in [1.29, 1.82) is 0 Å². The Morgan fingerprint density at radius 2 is 1.35 bits per heavy atom. The Hall–Kier alpha value is -3.22. The third-order valence-electron chi connectivity index (χ3n) is 4.48. The molecular weight excluding hydrogens is 416 g/mol. The van der Waals surface area contributed by atoms with Crippen molar-refractivity contribution < 1.29 is 44.1 Å². The van der Waals surface area contributed by atoms with Gasteiger partial charge < -0.3 is 37.0 Å². The zero-order chi connectivity index (χ0) is 24.3. The molecule has 0 aromatic carbocycles. The summed E-state index contributed by atoms with van der Waals surface area (Å²) >= 11 is 0. The second-order valence-corrected chi connectivity index (χ2v) is 7.15. The molecule has 8 N–H and O–H groups in total. The van der Waals surface area contributed by atoms with E-state index in [0.717, 1.165) is 0 Å². The average molecular weight is 446 g/mol. The van der Waals surface area contributed by atoms with Gasteiger partial charge in [-0.3, -0.25) is 24.0 Å². The van der Waals surface area contributed by atoms with Crippen molar-refractivity contribution in [1.82, 2.24) is 16.0 Å². The second kappa shape index (κ2) is 13.2. The third kappa shape index (κ3) is 10.4. The molecule has 13 heteroatoms. The molecule has 0 rings (SSSR count). The third-order valence-corrected chi connectivity index (χ3v) is 4.48. The van der Waals surface area contributed by atoms with Crippen LogP contribution in [0.15, 0.2) is 0 Å². The zero-order valence-corrected chi connectivity index (χ0v) is 17.6. The molecule has 31 heavy (non-hydrogen) atoms. The van der Waals surface area contributed by atoms with Crippen LogP contribution in [0.3, 0.4) is 0 Å². The Bertz CT molecular complexity index is 696. The highest BCUT2D eigenvalue weighted by Crippen LogP contribution is 2.10. The Labute approximate surface area is 178 Å². The predicted octanol–water partition coefficient (Wildman–Crippen LogP) is -1.74. The number of carboxylic acid groups (broad SMARTS) is 3. The van der Waals surface area contributed by atoms with E-state index in [1.165, 1.54) is 6.92 Å². The van der Waals surface area contributed by atoms with Crippen LogP contribution in [0, 0.1) is 5.92 Å². The van der Waals surface area contributed by atoms with E-state index < -0.39 is 78.6 Å². The summed E-state index contributed by atoms with van der Waals surface area (Å²) in [5, 5.41) is 33.6. The van der Waals surface area contributed by atoms with Gasteiger partial charge in [-0.15, -0.1) is 0 Å². The lowest BCUT2D eigenvalue weighted by Gasteiger charge is -2.27. The van der Waals surface area contributed by atoms with Gasteiger partial charge in [0.25, 0.3) is 0 Å². The summed E-state index contributed by atoms with van der Waals surface area (Å²) in [6.45, 7) is 4.68. The Morgan fingerprint density at radius 3 is 1.77 bits per heavy atom. The monoisotopic (exact) mass is 446 g/mol. The van der Waals surface area contributed by atoms with Crippen molar-refractivity contribution in [3.8, 4) is 0 Å². The van der Waals surface area contributed by atoms with Crippen LogP contribution < -0.4 is 21.7 Å². The van der Waals surface area contributed by atoms with Gasteiger partial charge in [-0.1, -0.05) is 20.3 Å². The number of hydrogen-bond acceptors (Lipinski definition) is 7. The summed E-state index contributed by atoms with van der Waals surface area (Å²) in [4.78, 5) is 70.1. The smallest absolute Gasteiger partial charge is 0.326 e. The fourth-order valence-corrected chi connectivity index (χ4v) is 2.43. The van der Waals surface area contributed by atoms with Gasteiger partial charge in [-0.25, -0.2) is 4.79 Å². The summed E-state index contributed by atoms with van der Waals surface area (Å²) in [7, 11) is 0. The molecule has 0 aliphatic rings. The molecule has 5 atom stereocenters. The van der Waals surface area contributed by atoms with Crippen LogP contribution >= 0.6 is 0 Å². The maximum Gasteiger partial charge on any atom is 0.326 e. The molecule has 0 saturated heterocycles. The highest BCUT2D eigenvalue weighted by atomic mass is 16.4. The van der Waals surface area contributed by atoms with Crippen molar-refractivity contribution in [2.75, 3.05) is 0 Å². The highest BCUT2D eigenvalue weighted by Gasteiger charge is 2.33. The van der Waals surface area contributed by atoms with E-state index in [4.69, 9.17) is 21.1 Å². The van der Waals surface area contributed by atoms with Crippen molar-refractivity contribution in [3.05, 3.63) is 0 Å². The SMILES string of the molecule is CCC(C)C(NC(=O)C(CCC(=O)O)NC(=O)C(C)N)C(=O)NC(CC(=O)O)C(=O)O. The molecule has 0 aromatic heterocycles. The van der Waals surface area contributed by atoms with Crippen LogP contribution in [-0.2, 0) is 28.8 Å². The highest BCUT2D eigenvalue weighted by molar-refractivity contribution is 5.94. The molecule has 0 bridgehead atoms. The summed E-state index contributed by atoms with van der Waals surface area (Å²) in [6.07, 6.45) is -1.20. The first-order chi connectivity index (χ1) is 14.3. The molecule has 176 valence electrons. The van der Waals surface area contributed by atoms with Crippen LogP contribution in [0.4, 0.5) is 0 Å². The maximum absolute atomic E-state index is 12.7. The second-order valence-electron chi connectivity index (χ2n) is 7.15. The normalized spacial score (nSPS) is 15.5. The Balaban J connectivity index is 5.55. The van der Waals surface area contributed by atoms with Gasteiger partial charge in [0.15, 0.2) is 0 Å². The molecule has 0 aliphatic carbocycles. The number of carbonyl (C=O) groups is 6. The minimum absolute atomic E-state index is 0.273. The maximum atomic E-state index is 12.7. The van der Waals surface area contributed by atoms with Crippen molar-refractivity contribution in [3.63, 3.8) is 0 Å². The van der Waals surface area contributed by atoms with E-state index in [1.54, 1.807) is 13.8 Å². The van der Waals surface area contributed by atoms with Gasteiger partial charge in [0.2, 0.25) is 17.7 Å². The van der Waals surface area contributed by atoms with Crippen LogP contribution in [0.2, 0.25) is 0 Å². The molecule has 0 saturated carbocycles. The van der Waals surface area contributed by atoms with Crippen LogP contribution in [0.5, 0.6) is 0 Å². The summed E-state index contributed by atoms with van der Waals surface area (Å²) in [6, 6.07) is -5.24. The summed E-state index contributed by atoms with van der Waals surface area (Å²) in [5.41, 5.74) is 5.45. The van der Waals surface area contributed by atoms with E-state index in [-0.39, 0.29) is 6.42 Å². The molecule has 13 nitrogen and oxygen atoms in total. The topological polar surface area (TPSA) is 225 Å². The molecular formula is C18H30N4O9. The fraction of sp³-hybridized carbons (Fsp3) is 0.667. The summed E-state index contributed by atoms with van der Waals surface area (Å²) < 4.78 is 0. The number of hydrogen-bond donors (Lipinski definition) is 7. The first-order valence-corrected chi connectivity index (χ1v) is 9.63. The van der Waals surface area contributed by atoms with Gasteiger partial charge in [0.05, 0.1) is 12.5 Å². The van der Waals surface area contributed by atoms with Crippen molar-refractivity contribution >= 4 is 35.6 Å². The van der Waals surface area contributed by atoms with Crippen LogP contribution in [-0.4, -0.2) is 75.1 Å². The number of nitrogens with one attached hydrogen (secondary N) is 3. The fourth-order valence-electron chi connectivity index (χ4n) is 2.43. The first kappa shape index (κ1) is 27.8.